The summed E-state index contributed by atoms with van der Waals surface area (Å²) in [6.45, 7) is 3.51. The number of esters is 1. The van der Waals surface area contributed by atoms with E-state index in [-0.39, 0.29) is 28.7 Å². The Bertz CT molecular complexity index is 918. The molecule has 2 aromatic carbocycles. The van der Waals surface area contributed by atoms with E-state index in [4.69, 9.17) is 25.8 Å². The Balaban J connectivity index is 1.83. The Labute approximate surface area is 160 Å². The standard InChI is InChI=1S/C20H16ClFO5/c1-3-25-20(24)11(2)26-12-7-8-13-17(9-12)27-18(19(13)23)10-14-15(21)5-4-6-16(14)22/h4-11H,3H2,1-2H3/t11-/m1/s1. The SMILES string of the molecule is CCOC(=O)[C@@H](C)Oc1ccc2c(c1)OC(=Cc1c(F)cccc1Cl)C2=O. The third-order valence-corrected chi connectivity index (χ3v) is 4.18. The van der Waals surface area contributed by atoms with Crippen LogP contribution in [0.4, 0.5) is 4.39 Å². The molecule has 7 heteroatoms. The fourth-order valence-electron chi connectivity index (χ4n) is 2.53. The van der Waals surface area contributed by atoms with Crippen LogP contribution in [-0.2, 0) is 9.53 Å². The van der Waals surface area contributed by atoms with Crippen LogP contribution in [0.3, 0.4) is 0 Å². The van der Waals surface area contributed by atoms with Gasteiger partial charge < -0.3 is 14.2 Å². The van der Waals surface area contributed by atoms with Crippen molar-refractivity contribution in [2.24, 2.45) is 0 Å². The van der Waals surface area contributed by atoms with Gasteiger partial charge in [0.1, 0.15) is 17.3 Å². The minimum atomic E-state index is -0.813. The van der Waals surface area contributed by atoms with E-state index in [9.17, 15) is 14.0 Å². The highest BCUT2D eigenvalue weighted by Crippen LogP contribution is 2.36. The van der Waals surface area contributed by atoms with Crippen molar-refractivity contribution in [3.8, 4) is 11.5 Å². The van der Waals surface area contributed by atoms with E-state index in [1.54, 1.807) is 19.9 Å². The van der Waals surface area contributed by atoms with Crippen LogP contribution in [0.2, 0.25) is 5.02 Å². The van der Waals surface area contributed by atoms with Crippen molar-refractivity contribution in [1.29, 1.82) is 0 Å². The third kappa shape index (κ3) is 3.95. The van der Waals surface area contributed by atoms with E-state index < -0.39 is 23.7 Å². The average Bonchev–Trinajstić information content (AvgIpc) is 2.93. The van der Waals surface area contributed by atoms with E-state index in [1.807, 2.05) is 0 Å². The highest BCUT2D eigenvalue weighted by Gasteiger charge is 2.29. The van der Waals surface area contributed by atoms with Gasteiger partial charge in [0, 0.05) is 11.6 Å². The summed E-state index contributed by atoms with van der Waals surface area (Å²) >= 11 is 5.99. The lowest BCUT2D eigenvalue weighted by Gasteiger charge is -2.13. The summed E-state index contributed by atoms with van der Waals surface area (Å²) in [4.78, 5) is 24.1. The first kappa shape index (κ1) is 18.9. The molecule has 0 aliphatic carbocycles. The second-order valence-electron chi connectivity index (χ2n) is 5.75. The van der Waals surface area contributed by atoms with Gasteiger partial charge >= 0.3 is 5.97 Å². The first-order chi connectivity index (χ1) is 12.9. The van der Waals surface area contributed by atoms with E-state index in [0.29, 0.717) is 11.3 Å². The van der Waals surface area contributed by atoms with Crippen molar-refractivity contribution in [3.05, 3.63) is 64.1 Å². The van der Waals surface area contributed by atoms with Gasteiger partial charge in [0.2, 0.25) is 5.78 Å². The molecule has 1 aliphatic rings. The van der Waals surface area contributed by atoms with E-state index in [2.05, 4.69) is 0 Å². The van der Waals surface area contributed by atoms with Crippen molar-refractivity contribution >= 4 is 29.4 Å². The second-order valence-corrected chi connectivity index (χ2v) is 6.15. The number of allylic oxidation sites excluding steroid dienone is 1. The molecule has 3 rings (SSSR count). The first-order valence-electron chi connectivity index (χ1n) is 8.26. The summed E-state index contributed by atoms with van der Waals surface area (Å²) < 4.78 is 29.9. The number of ketones is 1. The molecule has 0 N–H and O–H groups in total. The molecule has 1 atom stereocenters. The van der Waals surface area contributed by atoms with Crippen LogP contribution < -0.4 is 9.47 Å². The minimum absolute atomic E-state index is 0.0485. The number of Topliss-reactive ketones (excluding diaryl/α,β-unsaturated/α-hetero) is 1. The molecule has 140 valence electrons. The number of hydrogen-bond donors (Lipinski definition) is 0. The van der Waals surface area contributed by atoms with Crippen LogP contribution in [0, 0.1) is 5.82 Å². The van der Waals surface area contributed by atoms with Crippen LogP contribution in [0.15, 0.2) is 42.2 Å². The topological polar surface area (TPSA) is 61.8 Å². The van der Waals surface area contributed by atoms with Crippen molar-refractivity contribution in [2.45, 2.75) is 20.0 Å². The maximum absolute atomic E-state index is 13.9. The van der Waals surface area contributed by atoms with Crippen molar-refractivity contribution in [1.82, 2.24) is 0 Å². The maximum Gasteiger partial charge on any atom is 0.347 e. The summed E-state index contributed by atoms with van der Waals surface area (Å²) in [6.07, 6.45) is 0.453. The van der Waals surface area contributed by atoms with Crippen molar-refractivity contribution in [2.75, 3.05) is 6.61 Å². The lowest BCUT2D eigenvalue weighted by atomic mass is 10.1. The zero-order chi connectivity index (χ0) is 19.6. The average molecular weight is 391 g/mol. The van der Waals surface area contributed by atoms with E-state index in [1.165, 1.54) is 36.4 Å². The van der Waals surface area contributed by atoms with Crippen molar-refractivity contribution < 1.29 is 28.2 Å². The Morgan fingerprint density at radius 2 is 2.11 bits per heavy atom. The molecule has 0 unspecified atom stereocenters. The molecule has 1 aliphatic heterocycles. The zero-order valence-corrected chi connectivity index (χ0v) is 15.4. The minimum Gasteiger partial charge on any atom is -0.479 e. The number of hydrogen-bond acceptors (Lipinski definition) is 5. The van der Waals surface area contributed by atoms with Crippen LogP contribution >= 0.6 is 11.6 Å². The van der Waals surface area contributed by atoms with Gasteiger partial charge in [0.25, 0.3) is 0 Å². The lowest BCUT2D eigenvalue weighted by molar-refractivity contribution is -0.150. The predicted octanol–water partition coefficient (Wildman–Crippen LogP) is 4.43. The molecule has 0 radical (unpaired) electrons. The Hall–Kier alpha value is -2.86. The molecular weight excluding hydrogens is 375 g/mol. The fourth-order valence-corrected chi connectivity index (χ4v) is 2.75. The Kier molecular flexibility index (Phi) is 5.46. The number of carbonyl (C=O) groups is 2. The highest BCUT2D eigenvalue weighted by molar-refractivity contribution is 6.32. The van der Waals surface area contributed by atoms with Gasteiger partial charge in [-0.25, -0.2) is 9.18 Å². The highest BCUT2D eigenvalue weighted by atomic mass is 35.5. The summed E-state index contributed by atoms with van der Waals surface area (Å²) in [5.41, 5.74) is 0.382. The fraction of sp³-hybridized carbons (Fsp3) is 0.200. The molecular formula is C20H16ClFO5. The molecule has 0 amide bonds. The van der Waals surface area contributed by atoms with Gasteiger partial charge in [-0.1, -0.05) is 17.7 Å². The van der Waals surface area contributed by atoms with Gasteiger partial charge in [-0.15, -0.1) is 0 Å². The number of benzene rings is 2. The number of fused-ring (bicyclic) bond motifs is 1. The van der Waals surface area contributed by atoms with E-state index >= 15 is 0 Å². The van der Waals surface area contributed by atoms with Crippen molar-refractivity contribution in [3.63, 3.8) is 0 Å². The molecule has 2 aromatic rings. The molecule has 1 heterocycles. The summed E-state index contributed by atoms with van der Waals surface area (Å²) in [6, 6.07) is 8.80. The third-order valence-electron chi connectivity index (χ3n) is 3.85. The molecule has 0 fully saturated rings. The lowest BCUT2D eigenvalue weighted by Crippen LogP contribution is -2.26. The Morgan fingerprint density at radius 1 is 1.33 bits per heavy atom. The molecule has 27 heavy (non-hydrogen) atoms. The molecule has 0 bridgehead atoms. The number of ether oxygens (including phenoxy) is 3. The van der Waals surface area contributed by atoms with Crippen LogP contribution in [0.5, 0.6) is 11.5 Å². The second kappa shape index (κ2) is 7.80. The molecule has 0 aromatic heterocycles. The molecule has 5 nitrogen and oxygen atoms in total. The van der Waals surface area contributed by atoms with Gasteiger partial charge in [0.05, 0.1) is 17.2 Å². The van der Waals surface area contributed by atoms with Gasteiger partial charge in [0.15, 0.2) is 11.9 Å². The predicted molar refractivity (Wildman–Crippen MR) is 97.5 cm³/mol. The van der Waals surface area contributed by atoms with Crippen LogP contribution in [-0.4, -0.2) is 24.5 Å². The molecule has 0 saturated heterocycles. The summed E-state index contributed by atoms with van der Waals surface area (Å²) in [5, 5.41) is 0.169. The summed E-state index contributed by atoms with van der Waals surface area (Å²) in [7, 11) is 0. The Morgan fingerprint density at radius 3 is 2.81 bits per heavy atom. The monoisotopic (exact) mass is 390 g/mol. The van der Waals surface area contributed by atoms with Gasteiger partial charge in [-0.3, -0.25) is 4.79 Å². The smallest absolute Gasteiger partial charge is 0.347 e. The van der Waals surface area contributed by atoms with Gasteiger partial charge in [-0.05, 0) is 44.2 Å². The number of rotatable bonds is 5. The van der Waals surface area contributed by atoms with E-state index in [0.717, 1.165) is 0 Å². The summed E-state index contributed by atoms with van der Waals surface area (Å²) in [5.74, 6) is -0.902. The number of carbonyl (C=O) groups excluding carboxylic acids is 2. The van der Waals surface area contributed by atoms with Crippen LogP contribution in [0.25, 0.3) is 6.08 Å². The van der Waals surface area contributed by atoms with Crippen LogP contribution in [0.1, 0.15) is 29.8 Å². The zero-order valence-electron chi connectivity index (χ0n) is 14.6. The number of halogens is 2. The molecule has 0 spiro atoms. The normalized spacial score (nSPS) is 15.3. The maximum atomic E-state index is 13.9. The largest absolute Gasteiger partial charge is 0.479 e. The quantitative estimate of drug-likeness (QED) is 0.558. The molecule has 0 saturated carbocycles. The van der Waals surface area contributed by atoms with Gasteiger partial charge in [-0.2, -0.15) is 0 Å². The first-order valence-corrected chi connectivity index (χ1v) is 8.64.